The zero-order chi connectivity index (χ0) is 13.8. The molecule has 1 amide bonds. The molecule has 0 saturated carbocycles. The van der Waals surface area contributed by atoms with Crippen LogP contribution in [0.4, 0.5) is 10.5 Å². The van der Waals surface area contributed by atoms with Crippen molar-refractivity contribution in [1.29, 1.82) is 0 Å². The van der Waals surface area contributed by atoms with E-state index in [-0.39, 0.29) is 6.04 Å². The normalized spacial score (nSPS) is 20.9. The molecule has 104 valence electrons. The summed E-state index contributed by atoms with van der Waals surface area (Å²) in [6.45, 7) is 6.37. The molecule has 0 spiro atoms. The van der Waals surface area contributed by atoms with E-state index in [9.17, 15) is 4.79 Å². The Morgan fingerprint density at radius 3 is 2.74 bits per heavy atom. The van der Waals surface area contributed by atoms with Crippen molar-refractivity contribution in [3.05, 3.63) is 29.8 Å². The van der Waals surface area contributed by atoms with E-state index in [1.54, 1.807) is 0 Å². The maximum atomic E-state index is 10.6. The molecule has 1 fully saturated rings. The topological polar surface area (TPSA) is 61.8 Å². The zero-order valence-electron chi connectivity index (χ0n) is 11.3. The molecule has 0 aromatic heterocycles. The molecule has 5 heteroatoms. The van der Waals surface area contributed by atoms with Gasteiger partial charge in [0, 0.05) is 18.3 Å². The van der Waals surface area contributed by atoms with Gasteiger partial charge < -0.3 is 20.1 Å². The fraction of sp³-hybridized carbons (Fsp3) is 0.500. The molecule has 1 aliphatic heterocycles. The lowest BCUT2D eigenvalue weighted by Gasteiger charge is -2.35. The van der Waals surface area contributed by atoms with E-state index >= 15 is 0 Å². The van der Waals surface area contributed by atoms with Gasteiger partial charge in [0.15, 0.2) is 0 Å². The van der Waals surface area contributed by atoms with Crippen LogP contribution in [0.5, 0.6) is 0 Å². The number of morpholine rings is 1. The lowest BCUT2D eigenvalue weighted by Crippen LogP contribution is -2.43. The van der Waals surface area contributed by atoms with E-state index < -0.39 is 6.09 Å². The van der Waals surface area contributed by atoms with E-state index in [0.29, 0.717) is 6.04 Å². The molecule has 2 rings (SSSR count). The number of anilines is 1. The fourth-order valence-electron chi connectivity index (χ4n) is 2.33. The van der Waals surface area contributed by atoms with Crippen molar-refractivity contribution in [2.75, 3.05) is 24.7 Å². The molecule has 2 N–H and O–H groups in total. The van der Waals surface area contributed by atoms with Crippen molar-refractivity contribution >= 4 is 11.8 Å². The largest absolute Gasteiger partial charge is 0.465 e. The summed E-state index contributed by atoms with van der Waals surface area (Å²) in [5, 5.41) is 11.2. The smallest absolute Gasteiger partial charge is 0.405 e. The highest BCUT2D eigenvalue weighted by atomic mass is 16.5. The van der Waals surface area contributed by atoms with Crippen LogP contribution in [0.25, 0.3) is 0 Å². The van der Waals surface area contributed by atoms with Crippen molar-refractivity contribution in [2.24, 2.45) is 0 Å². The summed E-state index contributed by atoms with van der Waals surface area (Å²) < 4.78 is 5.42. The molecule has 1 aromatic rings. The van der Waals surface area contributed by atoms with Crippen LogP contribution in [-0.2, 0) is 4.74 Å². The van der Waals surface area contributed by atoms with Crippen LogP contribution in [0.3, 0.4) is 0 Å². The summed E-state index contributed by atoms with van der Waals surface area (Å²) in [6.07, 6.45) is -1.00. The first-order chi connectivity index (χ1) is 9.08. The quantitative estimate of drug-likeness (QED) is 0.879. The summed E-state index contributed by atoms with van der Waals surface area (Å²) in [6, 6.07) is 8.19. The standard InChI is InChI=1S/C14H20N2O3/c1-10-9-19-8-7-16(10)13-5-3-12(4-6-13)11(2)15-14(17)18/h3-6,10-11,15H,7-9H2,1-2H3,(H,17,18)/t10-,11?/m1/s1. The molecular formula is C14H20N2O3. The van der Waals surface area contributed by atoms with Crippen molar-refractivity contribution < 1.29 is 14.6 Å². The number of nitrogens with one attached hydrogen (secondary N) is 1. The zero-order valence-corrected chi connectivity index (χ0v) is 11.3. The van der Waals surface area contributed by atoms with E-state index in [4.69, 9.17) is 9.84 Å². The van der Waals surface area contributed by atoms with Gasteiger partial charge in [-0.1, -0.05) is 12.1 Å². The first-order valence-corrected chi connectivity index (χ1v) is 6.51. The van der Waals surface area contributed by atoms with Crippen molar-refractivity contribution in [3.63, 3.8) is 0 Å². The Morgan fingerprint density at radius 1 is 1.47 bits per heavy atom. The molecule has 1 saturated heterocycles. The SMILES string of the molecule is CC(NC(=O)O)c1ccc(N2CCOC[C@H]2C)cc1. The van der Waals surface area contributed by atoms with Crippen LogP contribution in [0.15, 0.2) is 24.3 Å². The van der Waals surface area contributed by atoms with Gasteiger partial charge in [0.1, 0.15) is 0 Å². The van der Waals surface area contributed by atoms with Crippen LogP contribution in [0.2, 0.25) is 0 Å². The monoisotopic (exact) mass is 264 g/mol. The second-order valence-corrected chi connectivity index (χ2v) is 4.88. The van der Waals surface area contributed by atoms with Crippen LogP contribution in [0.1, 0.15) is 25.5 Å². The van der Waals surface area contributed by atoms with Crippen LogP contribution >= 0.6 is 0 Å². The molecule has 0 bridgehead atoms. The molecular weight excluding hydrogens is 244 g/mol. The van der Waals surface area contributed by atoms with Gasteiger partial charge in [-0.3, -0.25) is 0 Å². The predicted octanol–water partition coefficient (Wildman–Crippen LogP) is 2.24. The summed E-state index contributed by atoms with van der Waals surface area (Å²) in [5.41, 5.74) is 2.12. The Hall–Kier alpha value is -1.75. The third-order valence-electron chi connectivity index (χ3n) is 3.43. The number of rotatable bonds is 3. The Kier molecular flexibility index (Phi) is 4.27. The van der Waals surface area contributed by atoms with E-state index in [0.717, 1.165) is 31.0 Å². The Morgan fingerprint density at radius 2 is 2.16 bits per heavy atom. The number of hydrogen-bond acceptors (Lipinski definition) is 3. The Balaban J connectivity index is 2.07. The molecule has 1 heterocycles. The van der Waals surface area contributed by atoms with Crippen molar-refractivity contribution in [3.8, 4) is 0 Å². The molecule has 19 heavy (non-hydrogen) atoms. The second kappa shape index (κ2) is 5.93. The lowest BCUT2D eigenvalue weighted by atomic mass is 10.1. The van der Waals surface area contributed by atoms with Crippen LogP contribution in [0, 0.1) is 0 Å². The van der Waals surface area contributed by atoms with Crippen molar-refractivity contribution in [2.45, 2.75) is 25.9 Å². The summed E-state index contributed by atoms with van der Waals surface area (Å²) in [4.78, 5) is 12.9. The first-order valence-electron chi connectivity index (χ1n) is 6.51. The molecule has 1 unspecified atom stereocenters. The van der Waals surface area contributed by atoms with Gasteiger partial charge >= 0.3 is 6.09 Å². The van der Waals surface area contributed by atoms with Gasteiger partial charge in [-0.15, -0.1) is 0 Å². The van der Waals surface area contributed by atoms with Gasteiger partial charge in [0.2, 0.25) is 0 Å². The number of nitrogens with zero attached hydrogens (tertiary/aromatic N) is 1. The van der Waals surface area contributed by atoms with Gasteiger partial charge in [-0.2, -0.15) is 0 Å². The minimum Gasteiger partial charge on any atom is -0.465 e. The number of amides is 1. The fourth-order valence-corrected chi connectivity index (χ4v) is 2.33. The third kappa shape index (κ3) is 3.38. The first kappa shape index (κ1) is 13.7. The van der Waals surface area contributed by atoms with Gasteiger partial charge in [-0.25, -0.2) is 4.79 Å². The maximum absolute atomic E-state index is 10.6. The maximum Gasteiger partial charge on any atom is 0.405 e. The highest BCUT2D eigenvalue weighted by molar-refractivity contribution is 5.65. The minimum atomic E-state index is -1.00. The highest BCUT2D eigenvalue weighted by Gasteiger charge is 2.19. The summed E-state index contributed by atoms with van der Waals surface area (Å²) in [7, 11) is 0. The Labute approximate surface area is 113 Å². The Bertz CT molecular complexity index is 433. The number of ether oxygens (including phenoxy) is 1. The van der Waals surface area contributed by atoms with Crippen molar-refractivity contribution in [1.82, 2.24) is 5.32 Å². The van der Waals surface area contributed by atoms with E-state index in [1.165, 1.54) is 0 Å². The second-order valence-electron chi connectivity index (χ2n) is 4.88. The number of hydrogen-bond donors (Lipinski definition) is 2. The summed E-state index contributed by atoms with van der Waals surface area (Å²) >= 11 is 0. The number of carboxylic acid groups (broad SMARTS) is 1. The molecule has 0 radical (unpaired) electrons. The predicted molar refractivity (Wildman–Crippen MR) is 73.6 cm³/mol. The van der Waals surface area contributed by atoms with E-state index in [2.05, 4.69) is 17.1 Å². The average molecular weight is 264 g/mol. The molecule has 1 aromatic carbocycles. The lowest BCUT2D eigenvalue weighted by molar-refractivity contribution is 0.0989. The van der Waals surface area contributed by atoms with Gasteiger partial charge in [0.25, 0.3) is 0 Å². The third-order valence-corrected chi connectivity index (χ3v) is 3.43. The molecule has 2 atom stereocenters. The number of carbonyl (C=O) groups is 1. The average Bonchev–Trinajstić information content (AvgIpc) is 2.39. The number of benzene rings is 1. The van der Waals surface area contributed by atoms with E-state index in [1.807, 2.05) is 31.2 Å². The highest BCUT2D eigenvalue weighted by Crippen LogP contribution is 2.22. The summed E-state index contributed by atoms with van der Waals surface area (Å²) in [5.74, 6) is 0. The molecule has 5 nitrogen and oxygen atoms in total. The molecule has 0 aliphatic carbocycles. The van der Waals surface area contributed by atoms with Crippen LogP contribution in [-0.4, -0.2) is 37.0 Å². The van der Waals surface area contributed by atoms with Gasteiger partial charge in [-0.05, 0) is 31.5 Å². The molecule has 1 aliphatic rings. The minimum absolute atomic E-state index is 0.200. The van der Waals surface area contributed by atoms with Crippen LogP contribution < -0.4 is 10.2 Å². The van der Waals surface area contributed by atoms with Gasteiger partial charge in [0.05, 0.1) is 19.3 Å².